The standard InChI is InChI=1S/C15H26N2O/c1-4-5-10-18-14-8-6-13(7-9-14)15(17-16)11-12(2)3/h6-9,12,15,17H,4-5,10-11,16H2,1-3H3. The van der Waals surface area contributed by atoms with Crippen molar-refractivity contribution in [1.82, 2.24) is 5.43 Å². The zero-order valence-electron chi connectivity index (χ0n) is 11.8. The Kier molecular flexibility index (Phi) is 6.76. The predicted molar refractivity (Wildman–Crippen MR) is 76.4 cm³/mol. The molecule has 1 unspecified atom stereocenters. The number of benzene rings is 1. The smallest absolute Gasteiger partial charge is 0.119 e. The fourth-order valence-corrected chi connectivity index (χ4v) is 1.90. The van der Waals surface area contributed by atoms with E-state index in [4.69, 9.17) is 10.6 Å². The number of rotatable bonds is 8. The number of hydrazine groups is 1. The highest BCUT2D eigenvalue weighted by atomic mass is 16.5. The van der Waals surface area contributed by atoms with Gasteiger partial charge in [0.05, 0.1) is 6.61 Å². The van der Waals surface area contributed by atoms with Gasteiger partial charge in [-0.1, -0.05) is 39.3 Å². The molecule has 0 saturated carbocycles. The Morgan fingerprint density at radius 3 is 2.39 bits per heavy atom. The summed E-state index contributed by atoms with van der Waals surface area (Å²) in [6.07, 6.45) is 3.29. The van der Waals surface area contributed by atoms with Crippen molar-refractivity contribution in [1.29, 1.82) is 0 Å². The molecule has 0 saturated heterocycles. The van der Waals surface area contributed by atoms with Crippen LogP contribution in [0.3, 0.4) is 0 Å². The molecule has 0 bridgehead atoms. The molecule has 0 aliphatic heterocycles. The van der Waals surface area contributed by atoms with Crippen LogP contribution in [0, 0.1) is 5.92 Å². The van der Waals surface area contributed by atoms with E-state index in [0.29, 0.717) is 5.92 Å². The number of ether oxygens (including phenoxy) is 1. The third-order valence-electron chi connectivity index (χ3n) is 2.96. The quantitative estimate of drug-likeness (QED) is 0.422. The van der Waals surface area contributed by atoms with Crippen LogP contribution < -0.4 is 16.0 Å². The van der Waals surface area contributed by atoms with E-state index in [0.717, 1.165) is 31.6 Å². The summed E-state index contributed by atoms with van der Waals surface area (Å²) < 4.78 is 5.64. The molecule has 1 aromatic carbocycles. The Hall–Kier alpha value is -1.06. The minimum absolute atomic E-state index is 0.217. The summed E-state index contributed by atoms with van der Waals surface area (Å²) in [5.74, 6) is 7.16. The first-order valence-electron chi connectivity index (χ1n) is 6.86. The second kappa shape index (κ2) is 8.11. The first kappa shape index (κ1) is 15.0. The lowest BCUT2D eigenvalue weighted by molar-refractivity contribution is 0.309. The van der Waals surface area contributed by atoms with E-state index in [9.17, 15) is 0 Å². The van der Waals surface area contributed by atoms with Crippen LogP contribution >= 0.6 is 0 Å². The number of nitrogens with one attached hydrogen (secondary N) is 1. The van der Waals surface area contributed by atoms with Gasteiger partial charge in [0.2, 0.25) is 0 Å². The zero-order chi connectivity index (χ0) is 13.4. The van der Waals surface area contributed by atoms with Crippen molar-refractivity contribution >= 4 is 0 Å². The molecule has 18 heavy (non-hydrogen) atoms. The van der Waals surface area contributed by atoms with Crippen LogP contribution in [0.25, 0.3) is 0 Å². The van der Waals surface area contributed by atoms with Crippen molar-refractivity contribution in [2.24, 2.45) is 11.8 Å². The maximum atomic E-state index is 5.64. The lowest BCUT2D eigenvalue weighted by Crippen LogP contribution is -2.29. The molecule has 1 aromatic rings. The molecule has 0 radical (unpaired) electrons. The van der Waals surface area contributed by atoms with E-state index in [1.165, 1.54) is 5.56 Å². The van der Waals surface area contributed by atoms with Crippen LogP contribution in [0.15, 0.2) is 24.3 Å². The van der Waals surface area contributed by atoms with Crippen molar-refractivity contribution in [2.75, 3.05) is 6.61 Å². The maximum Gasteiger partial charge on any atom is 0.119 e. The molecule has 0 spiro atoms. The van der Waals surface area contributed by atoms with Crippen LogP contribution in [0.1, 0.15) is 51.6 Å². The van der Waals surface area contributed by atoms with Crippen LogP contribution in [-0.4, -0.2) is 6.61 Å². The highest BCUT2D eigenvalue weighted by Gasteiger charge is 2.11. The van der Waals surface area contributed by atoms with Gasteiger partial charge in [-0.25, -0.2) is 0 Å². The molecule has 102 valence electrons. The fraction of sp³-hybridized carbons (Fsp3) is 0.600. The van der Waals surface area contributed by atoms with Crippen molar-refractivity contribution < 1.29 is 4.74 Å². The molecule has 0 heterocycles. The Morgan fingerprint density at radius 1 is 1.22 bits per heavy atom. The molecular weight excluding hydrogens is 224 g/mol. The van der Waals surface area contributed by atoms with Crippen LogP contribution in [0.2, 0.25) is 0 Å². The third-order valence-corrected chi connectivity index (χ3v) is 2.96. The minimum atomic E-state index is 0.217. The molecular formula is C15H26N2O. The van der Waals surface area contributed by atoms with Gasteiger partial charge in [0.1, 0.15) is 5.75 Å². The predicted octanol–water partition coefficient (Wildman–Crippen LogP) is 3.42. The largest absolute Gasteiger partial charge is 0.494 e. The summed E-state index contributed by atoms with van der Waals surface area (Å²) in [6, 6.07) is 8.45. The summed E-state index contributed by atoms with van der Waals surface area (Å²) >= 11 is 0. The molecule has 0 aromatic heterocycles. The topological polar surface area (TPSA) is 47.3 Å². The Balaban J connectivity index is 2.57. The molecule has 3 heteroatoms. The molecule has 3 nitrogen and oxygen atoms in total. The van der Waals surface area contributed by atoms with Crippen molar-refractivity contribution in [3.8, 4) is 5.75 Å². The lowest BCUT2D eigenvalue weighted by Gasteiger charge is -2.18. The first-order chi connectivity index (χ1) is 8.67. The van der Waals surface area contributed by atoms with Gasteiger partial charge in [0, 0.05) is 6.04 Å². The van der Waals surface area contributed by atoms with Gasteiger partial charge in [0.25, 0.3) is 0 Å². The van der Waals surface area contributed by atoms with Crippen LogP contribution in [-0.2, 0) is 0 Å². The van der Waals surface area contributed by atoms with E-state index in [1.807, 2.05) is 12.1 Å². The van der Waals surface area contributed by atoms with E-state index in [2.05, 4.69) is 38.3 Å². The van der Waals surface area contributed by atoms with Crippen molar-refractivity contribution in [3.05, 3.63) is 29.8 Å². The van der Waals surface area contributed by atoms with Gasteiger partial charge in [-0.2, -0.15) is 0 Å². The average Bonchev–Trinajstić information content (AvgIpc) is 2.37. The van der Waals surface area contributed by atoms with E-state index in [1.54, 1.807) is 0 Å². The number of nitrogens with two attached hydrogens (primary N) is 1. The zero-order valence-corrected chi connectivity index (χ0v) is 11.8. The molecule has 0 amide bonds. The van der Waals surface area contributed by atoms with Gasteiger partial charge in [-0.3, -0.25) is 11.3 Å². The molecule has 0 aliphatic carbocycles. The maximum absolute atomic E-state index is 5.64. The monoisotopic (exact) mass is 250 g/mol. The molecule has 0 fully saturated rings. The minimum Gasteiger partial charge on any atom is -0.494 e. The van der Waals surface area contributed by atoms with Crippen molar-refractivity contribution in [2.45, 2.75) is 46.1 Å². The second-order valence-electron chi connectivity index (χ2n) is 5.12. The highest BCUT2D eigenvalue weighted by Crippen LogP contribution is 2.22. The molecule has 0 aliphatic rings. The Bertz CT molecular complexity index is 322. The summed E-state index contributed by atoms with van der Waals surface area (Å²) in [5, 5.41) is 0. The number of unbranched alkanes of at least 4 members (excludes halogenated alkanes) is 1. The van der Waals surface area contributed by atoms with Gasteiger partial charge < -0.3 is 4.74 Å². The molecule has 3 N–H and O–H groups in total. The number of hydrogen-bond donors (Lipinski definition) is 2. The first-order valence-corrected chi connectivity index (χ1v) is 6.86. The molecule has 1 atom stereocenters. The van der Waals surface area contributed by atoms with Gasteiger partial charge in [0.15, 0.2) is 0 Å². The normalized spacial score (nSPS) is 12.7. The number of hydrogen-bond acceptors (Lipinski definition) is 3. The van der Waals surface area contributed by atoms with Gasteiger partial charge in [-0.05, 0) is 36.5 Å². The van der Waals surface area contributed by atoms with E-state index < -0.39 is 0 Å². The molecule has 1 rings (SSSR count). The summed E-state index contributed by atoms with van der Waals surface area (Å²) in [5.41, 5.74) is 4.10. The summed E-state index contributed by atoms with van der Waals surface area (Å²) in [6.45, 7) is 7.36. The van der Waals surface area contributed by atoms with Crippen molar-refractivity contribution in [3.63, 3.8) is 0 Å². The van der Waals surface area contributed by atoms with E-state index >= 15 is 0 Å². The highest BCUT2D eigenvalue weighted by molar-refractivity contribution is 5.29. The summed E-state index contributed by atoms with van der Waals surface area (Å²) in [4.78, 5) is 0. The Labute approximate surface area is 111 Å². The van der Waals surface area contributed by atoms with Crippen LogP contribution in [0.5, 0.6) is 5.75 Å². The SMILES string of the molecule is CCCCOc1ccc(C(CC(C)C)NN)cc1. The third kappa shape index (κ3) is 5.07. The van der Waals surface area contributed by atoms with Crippen LogP contribution in [0.4, 0.5) is 0 Å². The van der Waals surface area contributed by atoms with Gasteiger partial charge >= 0.3 is 0 Å². The fourth-order valence-electron chi connectivity index (χ4n) is 1.90. The lowest BCUT2D eigenvalue weighted by atomic mass is 9.97. The second-order valence-corrected chi connectivity index (χ2v) is 5.12. The summed E-state index contributed by atoms with van der Waals surface area (Å²) in [7, 11) is 0. The van der Waals surface area contributed by atoms with Gasteiger partial charge in [-0.15, -0.1) is 0 Å². The van der Waals surface area contributed by atoms with E-state index in [-0.39, 0.29) is 6.04 Å². The average molecular weight is 250 g/mol. The Morgan fingerprint density at radius 2 is 1.89 bits per heavy atom.